The standard InChI is InChI=1S/C10H13O2.3C6H5.Sn/c1-11-7-9-4-3-5-10(6-9)8-12-2;3*1-2-4-6-5-3-1;/h3-5H,7-8H2,1-2H3;3*1-5H;. The number of ether oxygens (including phenoxy) is 2. The summed E-state index contributed by atoms with van der Waals surface area (Å²) in [4.78, 5) is 0. The van der Waals surface area contributed by atoms with Crippen LogP contribution in [0.15, 0.2) is 109 Å². The molecule has 4 aromatic rings. The summed E-state index contributed by atoms with van der Waals surface area (Å²) in [5.74, 6) is 0. The quantitative estimate of drug-likeness (QED) is 0.336. The molecule has 0 spiro atoms. The summed E-state index contributed by atoms with van der Waals surface area (Å²) in [6.07, 6.45) is 0. The molecule has 0 atom stereocenters. The average Bonchev–Trinajstić information content (AvgIpc) is 2.83. The topological polar surface area (TPSA) is 18.5 Å². The van der Waals surface area contributed by atoms with E-state index in [4.69, 9.17) is 9.47 Å². The van der Waals surface area contributed by atoms with Crippen molar-refractivity contribution in [2.24, 2.45) is 0 Å². The molecule has 2 nitrogen and oxygen atoms in total. The number of hydrogen-bond donors (Lipinski definition) is 0. The molecule has 0 saturated carbocycles. The van der Waals surface area contributed by atoms with Crippen LogP contribution in [0.4, 0.5) is 0 Å². The van der Waals surface area contributed by atoms with Crippen LogP contribution in [0.1, 0.15) is 11.1 Å². The fourth-order valence-electron chi connectivity index (χ4n) is 4.68. The summed E-state index contributed by atoms with van der Waals surface area (Å²) >= 11 is -3.71. The number of methoxy groups -OCH3 is 2. The molecule has 4 rings (SSSR count). The second-order valence-corrected chi connectivity index (χ2v) is 18.3. The third-order valence-corrected chi connectivity index (χ3v) is 20.1. The molecule has 0 aromatic heterocycles. The summed E-state index contributed by atoms with van der Waals surface area (Å²) in [5, 5.41) is 0. The van der Waals surface area contributed by atoms with E-state index in [1.54, 1.807) is 14.2 Å². The van der Waals surface area contributed by atoms with Crippen molar-refractivity contribution >= 4 is 32.7 Å². The summed E-state index contributed by atoms with van der Waals surface area (Å²) in [5.41, 5.74) is 2.51. The van der Waals surface area contributed by atoms with Gasteiger partial charge in [0.15, 0.2) is 0 Å². The molecule has 0 radical (unpaired) electrons. The molecule has 0 aliphatic heterocycles. The predicted octanol–water partition coefficient (Wildman–Crippen LogP) is 3.36. The van der Waals surface area contributed by atoms with Crippen LogP contribution in [0, 0.1) is 0 Å². The van der Waals surface area contributed by atoms with E-state index < -0.39 is 18.4 Å². The molecule has 3 heteroatoms. The average molecular weight is 515 g/mol. The van der Waals surface area contributed by atoms with E-state index in [9.17, 15) is 0 Å². The van der Waals surface area contributed by atoms with Crippen LogP contribution in [-0.2, 0) is 22.7 Å². The normalized spacial score (nSPS) is 11.4. The van der Waals surface area contributed by atoms with Gasteiger partial charge in [0.05, 0.1) is 0 Å². The van der Waals surface area contributed by atoms with Crippen molar-refractivity contribution in [1.29, 1.82) is 0 Å². The maximum atomic E-state index is 5.70. The molecule has 0 amide bonds. The van der Waals surface area contributed by atoms with E-state index >= 15 is 0 Å². The van der Waals surface area contributed by atoms with E-state index in [0.717, 1.165) is 0 Å². The molecular formula is C28H28O2Sn. The molecular weight excluding hydrogens is 487 g/mol. The third-order valence-electron chi connectivity index (χ3n) is 5.83. The molecule has 4 aromatic carbocycles. The van der Waals surface area contributed by atoms with E-state index in [0.29, 0.717) is 13.2 Å². The Morgan fingerprint density at radius 1 is 0.484 bits per heavy atom. The van der Waals surface area contributed by atoms with Gasteiger partial charge in [-0.3, -0.25) is 0 Å². The van der Waals surface area contributed by atoms with Gasteiger partial charge in [-0.25, -0.2) is 0 Å². The molecule has 0 N–H and O–H groups in total. The van der Waals surface area contributed by atoms with Gasteiger partial charge in [0.25, 0.3) is 0 Å². The van der Waals surface area contributed by atoms with Gasteiger partial charge in [0.2, 0.25) is 0 Å². The van der Waals surface area contributed by atoms with Gasteiger partial charge in [-0.05, 0) is 0 Å². The summed E-state index contributed by atoms with van der Waals surface area (Å²) < 4.78 is 17.1. The summed E-state index contributed by atoms with van der Waals surface area (Å²) in [6, 6.07) is 39.8. The van der Waals surface area contributed by atoms with Crippen molar-refractivity contribution in [3.05, 3.63) is 120 Å². The molecule has 31 heavy (non-hydrogen) atoms. The molecule has 0 aliphatic rings. The predicted molar refractivity (Wildman–Crippen MR) is 131 cm³/mol. The molecule has 0 unspecified atom stereocenters. The zero-order chi connectivity index (χ0) is 21.5. The molecule has 0 fully saturated rings. The van der Waals surface area contributed by atoms with Crippen molar-refractivity contribution in [3.8, 4) is 0 Å². The molecule has 0 heterocycles. The Bertz CT molecular complexity index is 975. The zero-order valence-electron chi connectivity index (χ0n) is 18.1. The van der Waals surface area contributed by atoms with Gasteiger partial charge >= 0.3 is 190 Å². The van der Waals surface area contributed by atoms with Crippen molar-refractivity contribution in [2.45, 2.75) is 13.2 Å². The SMILES string of the molecule is COCc1cccc(COC)[c]1[Sn]([c]1ccccc1)([c]1ccccc1)[c]1ccccc1. The van der Waals surface area contributed by atoms with E-state index in [1.807, 2.05) is 0 Å². The van der Waals surface area contributed by atoms with Crippen LogP contribution >= 0.6 is 0 Å². The Hall–Kier alpha value is -2.40. The molecule has 156 valence electrons. The number of hydrogen-bond acceptors (Lipinski definition) is 2. The first-order valence-electron chi connectivity index (χ1n) is 10.6. The Kier molecular flexibility index (Phi) is 7.23. The minimum atomic E-state index is -3.71. The van der Waals surface area contributed by atoms with E-state index in [-0.39, 0.29) is 0 Å². The Morgan fingerprint density at radius 2 is 0.839 bits per heavy atom. The monoisotopic (exact) mass is 516 g/mol. The zero-order valence-corrected chi connectivity index (χ0v) is 21.0. The summed E-state index contributed by atoms with van der Waals surface area (Å²) in [6.45, 7) is 1.16. The van der Waals surface area contributed by atoms with Crippen molar-refractivity contribution < 1.29 is 9.47 Å². The first-order valence-corrected chi connectivity index (χ1v) is 16.3. The molecule has 0 aliphatic carbocycles. The van der Waals surface area contributed by atoms with Gasteiger partial charge in [0, 0.05) is 0 Å². The maximum absolute atomic E-state index is 5.70. The fourth-order valence-corrected chi connectivity index (χ4v) is 19.6. The van der Waals surface area contributed by atoms with Gasteiger partial charge < -0.3 is 0 Å². The van der Waals surface area contributed by atoms with Crippen LogP contribution in [0.5, 0.6) is 0 Å². The Labute approximate surface area is 189 Å². The first kappa shape index (κ1) is 21.8. The van der Waals surface area contributed by atoms with Gasteiger partial charge in [-0.1, -0.05) is 0 Å². The van der Waals surface area contributed by atoms with Crippen molar-refractivity contribution in [1.82, 2.24) is 0 Å². The molecule has 0 bridgehead atoms. The third kappa shape index (κ3) is 4.20. The molecule has 0 saturated heterocycles. The van der Waals surface area contributed by atoms with Crippen molar-refractivity contribution in [3.63, 3.8) is 0 Å². The van der Waals surface area contributed by atoms with Crippen LogP contribution in [0.25, 0.3) is 0 Å². The van der Waals surface area contributed by atoms with Crippen LogP contribution in [0.3, 0.4) is 0 Å². The van der Waals surface area contributed by atoms with Crippen LogP contribution in [-0.4, -0.2) is 32.6 Å². The van der Waals surface area contributed by atoms with Gasteiger partial charge in [0.1, 0.15) is 0 Å². The first-order chi connectivity index (χ1) is 15.3. The van der Waals surface area contributed by atoms with Gasteiger partial charge in [-0.2, -0.15) is 0 Å². The summed E-state index contributed by atoms with van der Waals surface area (Å²) in [7, 11) is 3.55. The Morgan fingerprint density at radius 3 is 1.16 bits per heavy atom. The van der Waals surface area contributed by atoms with Crippen molar-refractivity contribution in [2.75, 3.05) is 14.2 Å². The second kappa shape index (κ2) is 10.3. The van der Waals surface area contributed by atoms with E-state index in [1.165, 1.54) is 25.4 Å². The second-order valence-electron chi connectivity index (χ2n) is 7.67. The van der Waals surface area contributed by atoms with Gasteiger partial charge in [-0.15, -0.1) is 0 Å². The number of benzene rings is 4. The number of rotatable bonds is 8. The van der Waals surface area contributed by atoms with E-state index in [2.05, 4.69) is 109 Å². The van der Waals surface area contributed by atoms with Crippen LogP contribution in [0.2, 0.25) is 0 Å². The minimum absolute atomic E-state index is 0.581. The van der Waals surface area contributed by atoms with Crippen LogP contribution < -0.4 is 14.3 Å². The fraction of sp³-hybridized carbons (Fsp3) is 0.143. The Balaban J connectivity index is 2.20.